The molecule has 2 aromatic carbocycles. The molecule has 0 spiro atoms. The lowest BCUT2D eigenvalue weighted by Crippen LogP contribution is -2.39. The molecule has 30 heavy (non-hydrogen) atoms. The highest BCUT2D eigenvalue weighted by Gasteiger charge is 2.55. The van der Waals surface area contributed by atoms with Gasteiger partial charge < -0.3 is 14.0 Å². The molecule has 1 amide bonds. The predicted octanol–water partition coefficient (Wildman–Crippen LogP) is 3.00. The van der Waals surface area contributed by atoms with E-state index in [1.165, 1.54) is 19.2 Å². The van der Waals surface area contributed by atoms with E-state index in [1.807, 2.05) is 23.6 Å². The Morgan fingerprint density at radius 3 is 2.53 bits per heavy atom. The molecule has 0 N–H and O–H groups in total. The second-order valence-corrected chi connectivity index (χ2v) is 9.18. The number of hydrogen-bond donors (Lipinski definition) is 0. The summed E-state index contributed by atoms with van der Waals surface area (Å²) in [5, 5.41) is 0.675. The van der Waals surface area contributed by atoms with E-state index in [0.717, 1.165) is 15.4 Å². The molecular weight excluding hydrogens is 408 g/mol. The zero-order valence-electron chi connectivity index (χ0n) is 16.2. The molecule has 3 aromatic rings. The minimum absolute atomic E-state index is 0.0142. The maximum absolute atomic E-state index is 13.2. The van der Waals surface area contributed by atoms with Gasteiger partial charge in [0.25, 0.3) is 10.0 Å². The van der Waals surface area contributed by atoms with Crippen LogP contribution in [0, 0.1) is 6.92 Å². The number of benzene rings is 2. The minimum Gasteiger partial charge on any atom is -0.465 e. The van der Waals surface area contributed by atoms with Crippen LogP contribution >= 0.6 is 0 Å². The van der Waals surface area contributed by atoms with Gasteiger partial charge in [-0.15, -0.1) is 0 Å². The second-order valence-electron chi connectivity index (χ2n) is 7.37. The summed E-state index contributed by atoms with van der Waals surface area (Å²) in [6, 6.07) is 12.8. The van der Waals surface area contributed by atoms with Crippen LogP contribution in [0.2, 0.25) is 0 Å². The Morgan fingerprint density at radius 2 is 1.83 bits per heavy atom. The van der Waals surface area contributed by atoms with Crippen LogP contribution in [0.3, 0.4) is 0 Å². The normalized spacial score (nSPS) is 20.2. The first-order valence-electron chi connectivity index (χ1n) is 9.35. The summed E-state index contributed by atoms with van der Waals surface area (Å²) < 4.78 is 39.6. The van der Waals surface area contributed by atoms with Crippen LogP contribution in [-0.4, -0.2) is 42.5 Å². The Hall–Kier alpha value is -3.33. The van der Waals surface area contributed by atoms with Gasteiger partial charge in [-0.05, 0) is 25.1 Å². The predicted molar refractivity (Wildman–Crippen MR) is 106 cm³/mol. The number of ether oxygens (including phenoxy) is 2. The molecule has 0 unspecified atom stereocenters. The van der Waals surface area contributed by atoms with Crippen LogP contribution in [0.4, 0.5) is 4.79 Å². The highest BCUT2D eigenvalue weighted by Crippen LogP contribution is 2.46. The van der Waals surface area contributed by atoms with Crippen molar-refractivity contribution in [2.75, 3.05) is 7.11 Å². The first-order valence-corrected chi connectivity index (χ1v) is 10.8. The number of carbonyl (C=O) groups excluding carboxylic acids is 2. The van der Waals surface area contributed by atoms with Gasteiger partial charge in [-0.3, -0.25) is 0 Å². The van der Waals surface area contributed by atoms with Crippen LogP contribution < -0.4 is 0 Å². The number of carbonyl (C=O) groups is 2. The number of sulfonamides is 1. The maximum atomic E-state index is 13.2. The van der Waals surface area contributed by atoms with Crippen molar-refractivity contribution in [1.82, 2.24) is 8.87 Å². The Kier molecular flexibility index (Phi) is 3.94. The van der Waals surface area contributed by atoms with Gasteiger partial charge in [0.15, 0.2) is 6.10 Å². The lowest BCUT2D eigenvalue weighted by molar-refractivity contribution is 0.0595. The van der Waals surface area contributed by atoms with Crippen LogP contribution in [-0.2, 0) is 26.0 Å². The van der Waals surface area contributed by atoms with Gasteiger partial charge in [0.1, 0.15) is 6.04 Å². The van der Waals surface area contributed by atoms with Gasteiger partial charge in [-0.2, -0.15) is 4.31 Å². The van der Waals surface area contributed by atoms with Crippen molar-refractivity contribution in [3.8, 4) is 0 Å². The van der Waals surface area contributed by atoms with Gasteiger partial charge in [0.05, 0.1) is 23.3 Å². The van der Waals surface area contributed by atoms with Crippen molar-refractivity contribution in [2.45, 2.75) is 30.5 Å². The monoisotopic (exact) mass is 426 g/mol. The van der Waals surface area contributed by atoms with Crippen molar-refractivity contribution in [3.05, 3.63) is 65.4 Å². The summed E-state index contributed by atoms with van der Waals surface area (Å²) in [7, 11) is -2.84. The van der Waals surface area contributed by atoms with Gasteiger partial charge in [0, 0.05) is 17.4 Å². The molecular formula is C21H18N2O6S. The summed E-state index contributed by atoms with van der Waals surface area (Å²) in [6.45, 7) is 2.04. The van der Waals surface area contributed by atoms with Gasteiger partial charge in [-0.1, -0.05) is 35.9 Å². The number of aromatic nitrogens is 1. The van der Waals surface area contributed by atoms with Crippen LogP contribution in [0.15, 0.2) is 53.4 Å². The molecule has 3 heterocycles. The number of amides is 1. The standard InChI is InChI=1S/C21H18N2O6S/c1-12-7-9-13(10-8-12)30(26,27)23-16-11-22-15-6-4-3-5-14(15)17(20(24)28-2)18(22)19(16)29-21(23)25/h3-10,16,19H,11H2,1-2H3/t16-,19-/m0/s1. The van der Waals surface area contributed by atoms with Crippen molar-refractivity contribution in [3.63, 3.8) is 0 Å². The number of aryl methyl sites for hydroxylation is 1. The smallest absolute Gasteiger partial charge is 0.425 e. The van der Waals surface area contributed by atoms with Crippen molar-refractivity contribution in [2.24, 2.45) is 0 Å². The number of hydrogen-bond acceptors (Lipinski definition) is 6. The summed E-state index contributed by atoms with van der Waals surface area (Å²) in [6.07, 6.45) is -1.84. The van der Waals surface area contributed by atoms with E-state index >= 15 is 0 Å². The number of para-hydroxylation sites is 1. The first kappa shape index (κ1) is 18.7. The fourth-order valence-electron chi connectivity index (χ4n) is 4.32. The maximum Gasteiger partial charge on any atom is 0.425 e. The van der Waals surface area contributed by atoms with Gasteiger partial charge in [-0.25, -0.2) is 18.0 Å². The van der Waals surface area contributed by atoms with E-state index in [-0.39, 0.29) is 11.4 Å². The largest absolute Gasteiger partial charge is 0.465 e. The second kappa shape index (κ2) is 6.33. The third-order valence-corrected chi connectivity index (χ3v) is 7.48. The molecule has 0 radical (unpaired) electrons. The fraction of sp³-hybridized carbons (Fsp3) is 0.238. The van der Waals surface area contributed by atoms with Gasteiger partial charge >= 0.3 is 12.1 Å². The third-order valence-electron chi connectivity index (χ3n) is 5.68. The number of rotatable bonds is 3. The Morgan fingerprint density at radius 1 is 1.13 bits per heavy atom. The number of esters is 1. The lowest BCUT2D eigenvalue weighted by Gasteiger charge is -2.20. The molecule has 2 atom stereocenters. The molecule has 0 aliphatic carbocycles. The zero-order chi connectivity index (χ0) is 21.2. The van der Waals surface area contributed by atoms with E-state index in [4.69, 9.17) is 9.47 Å². The highest BCUT2D eigenvalue weighted by atomic mass is 32.2. The first-order chi connectivity index (χ1) is 14.3. The quantitative estimate of drug-likeness (QED) is 0.598. The molecule has 8 nitrogen and oxygen atoms in total. The molecule has 0 saturated carbocycles. The Balaban J connectivity index is 1.64. The lowest BCUT2D eigenvalue weighted by atomic mass is 10.1. The Bertz CT molecular complexity index is 1310. The molecule has 154 valence electrons. The van der Waals surface area contributed by atoms with E-state index in [2.05, 4.69) is 0 Å². The number of methoxy groups -OCH3 is 1. The van der Waals surface area contributed by atoms with Crippen molar-refractivity contribution in [1.29, 1.82) is 0 Å². The Labute approximate surface area is 172 Å². The summed E-state index contributed by atoms with van der Waals surface area (Å²) in [5.41, 5.74) is 2.42. The summed E-state index contributed by atoms with van der Waals surface area (Å²) in [4.78, 5) is 25.2. The van der Waals surface area contributed by atoms with E-state index in [9.17, 15) is 18.0 Å². The van der Waals surface area contributed by atoms with E-state index in [0.29, 0.717) is 16.6 Å². The molecule has 0 bridgehead atoms. The molecule has 1 aromatic heterocycles. The SMILES string of the molecule is COC(=O)c1c2n(c3ccccc13)C[C@H]1[C@@H]2OC(=O)N1S(=O)(=O)c1ccc(C)cc1. The number of fused-ring (bicyclic) bond motifs is 5. The van der Waals surface area contributed by atoms with Crippen molar-refractivity contribution >= 4 is 33.0 Å². The highest BCUT2D eigenvalue weighted by molar-refractivity contribution is 7.89. The summed E-state index contributed by atoms with van der Waals surface area (Å²) >= 11 is 0. The average molecular weight is 426 g/mol. The molecule has 1 fully saturated rings. The van der Waals surface area contributed by atoms with Gasteiger partial charge in [0.2, 0.25) is 0 Å². The van der Waals surface area contributed by atoms with Crippen LogP contribution in [0.5, 0.6) is 0 Å². The average Bonchev–Trinajstić information content (AvgIpc) is 3.34. The van der Waals surface area contributed by atoms with E-state index in [1.54, 1.807) is 24.3 Å². The minimum atomic E-state index is -4.12. The molecule has 9 heteroatoms. The molecule has 2 aliphatic heterocycles. The zero-order valence-corrected chi connectivity index (χ0v) is 17.0. The van der Waals surface area contributed by atoms with Crippen LogP contribution in [0.1, 0.15) is 27.7 Å². The topological polar surface area (TPSA) is 94.9 Å². The summed E-state index contributed by atoms with van der Waals surface area (Å²) in [5.74, 6) is -0.559. The third kappa shape index (κ3) is 2.41. The molecule has 1 saturated heterocycles. The molecule has 5 rings (SSSR count). The fourth-order valence-corrected chi connectivity index (χ4v) is 5.81. The van der Waals surface area contributed by atoms with E-state index < -0.39 is 34.2 Å². The van der Waals surface area contributed by atoms with Crippen molar-refractivity contribution < 1.29 is 27.5 Å². The van der Waals surface area contributed by atoms with Crippen LogP contribution in [0.25, 0.3) is 10.9 Å². The number of nitrogens with zero attached hydrogens (tertiary/aromatic N) is 2. The molecule has 2 aliphatic rings.